The lowest BCUT2D eigenvalue weighted by Crippen LogP contribution is -2.36. The Balaban J connectivity index is 3.28. The minimum atomic E-state index is -3.85. The maximum Gasteiger partial charge on any atom is 0.270 e. The van der Waals surface area contributed by atoms with Crippen LogP contribution in [-0.2, 0) is 9.84 Å². The van der Waals surface area contributed by atoms with E-state index >= 15 is 0 Å². The molecule has 19 heavy (non-hydrogen) atoms. The van der Waals surface area contributed by atoms with E-state index in [-0.39, 0.29) is 17.0 Å². The van der Waals surface area contributed by atoms with E-state index in [1.807, 2.05) is 0 Å². The maximum absolute atomic E-state index is 12.1. The molecule has 0 aromatic heterocycles. The zero-order valence-electron chi connectivity index (χ0n) is 9.67. The van der Waals surface area contributed by atoms with Crippen LogP contribution in [0.15, 0.2) is 24.3 Å². The summed E-state index contributed by atoms with van der Waals surface area (Å²) in [6.45, 7) is 1.37. The third kappa shape index (κ3) is 3.23. The number of sulfone groups is 1. The quantitative estimate of drug-likeness (QED) is 0.241. The van der Waals surface area contributed by atoms with E-state index in [4.69, 9.17) is 11.6 Å². The Morgan fingerprint density at radius 3 is 2.58 bits per heavy atom. The molecule has 1 rings (SSSR count). The van der Waals surface area contributed by atoms with Gasteiger partial charge in [0.15, 0.2) is 9.84 Å². The number of nitrogens with zero attached hydrogens (tertiary/aromatic N) is 1. The average molecular weight is 418 g/mol. The highest BCUT2D eigenvalue weighted by atomic mass is 127. The number of Topliss-reactive ketones (excluding diaryl/α,β-unsaturated/α-hetero) is 1. The summed E-state index contributed by atoms with van der Waals surface area (Å²) in [4.78, 5) is 22.1. The number of benzene rings is 1. The van der Waals surface area contributed by atoms with E-state index in [1.54, 1.807) is 0 Å². The van der Waals surface area contributed by atoms with Crippen molar-refractivity contribution < 1.29 is 18.1 Å². The van der Waals surface area contributed by atoms with Gasteiger partial charge in [-0.05, 0) is 22.6 Å². The zero-order valence-corrected chi connectivity index (χ0v) is 13.4. The van der Waals surface area contributed by atoms with Crippen LogP contribution in [0.3, 0.4) is 0 Å². The molecular formula is C10H9ClINO5S. The molecule has 1 atom stereocenters. The molecule has 0 heterocycles. The molecule has 0 spiro atoms. The van der Waals surface area contributed by atoms with Crippen molar-refractivity contribution in [2.45, 2.75) is 9.14 Å². The molecule has 0 aliphatic rings. The first-order valence-corrected chi connectivity index (χ1v) is 8.13. The highest BCUT2D eigenvalue weighted by Gasteiger charge is 2.46. The minimum Gasteiger partial charge on any atom is -0.290 e. The molecule has 1 aromatic rings. The van der Waals surface area contributed by atoms with Crippen molar-refractivity contribution in [3.63, 3.8) is 0 Å². The second-order valence-electron chi connectivity index (χ2n) is 3.56. The number of hydrogen-bond acceptors (Lipinski definition) is 5. The first kappa shape index (κ1) is 16.3. The molecule has 0 aliphatic heterocycles. The smallest absolute Gasteiger partial charge is 0.270 e. The van der Waals surface area contributed by atoms with Crippen LogP contribution in [0.25, 0.3) is 0 Å². The van der Waals surface area contributed by atoms with Crippen molar-refractivity contribution in [1.82, 2.24) is 0 Å². The molecule has 0 aliphatic carbocycles. The summed E-state index contributed by atoms with van der Waals surface area (Å²) in [6, 6.07) is 4.79. The van der Waals surface area contributed by atoms with Gasteiger partial charge in [-0.2, -0.15) is 0 Å². The Morgan fingerprint density at radius 1 is 1.53 bits per heavy atom. The molecule has 0 amide bonds. The third-order valence-electron chi connectivity index (χ3n) is 2.35. The predicted octanol–water partition coefficient (Wildman–Crippen LogP) is 2.54. The lowest BCUT2D eigenvalue weighted by molar-refractivity contribution is -0.384. The molecular weight excluding hydrogens is 409 g/mol. The molecule has 9 heteroatoms. The Morgan fingerprint density at radius 2 is 2.11 bits per heavy atom. The topological polar surface area (TPSA) is 94.3 Å². The summed E-state index contributed by atoms with van der Waals surface area (Å²) < 4.78 is 21.4. The molecule has 0 radical (unpaired) electrons. The van der Waals surface area contributed by atoms with Gasteiger partial charge in [-0.15, -0.1) is 0 Å². The molecule has 0 fully saturated rings. The van der Waals surface area contributed by atoms with Gasteiger partial charge in [0.25, 0.3) is 7.90 Å². The number of non-ortho nitro benzene ring substituents is 1. The lowest BCUT2D eigenvalue weighted by Gasteiger charge is -2.18. The number of nitro groups is 1. The van der Waals surface area contributed by atoms with Crippen LogP contribution in [0, 0.1) is 10.1 Å². The second-order valence-corrected chi connectivity index (χ2v) is 9.75. The predicted molar refractivity (Wildman–Crippen MR) is 79.5 cm³/mol. The fourth-order valence-electron chi connectivity index (χ4n) is 1.25. The van der Waals surface area contributed by atoms with E-state index in [2.05, 4.69) is 0 Å². The van der Waals surface area contributed by atoms with Crippen LogP contribution in [0.1, 0.15) is 17.3 Å². The second kappa shape index (κ2) is 5.71. The van der Waals surface area contributed by atoms with Crippen LogP contribution >= 0.6 is 34.2 Å². The fraction of sp³-hybridized carbons (Fsp3) is 0.300. The van der Waals surface area contributed by atoms with Crippen LogP contribution < -0.4 is 0 Å². The highest BCUT2D eigenvalue weighted by Crippen LogP contribution is 2.36. The molecule has 0 N–H and O–H groups in total. The van der Waals surface area contributed by atoms with Gasteiger partial charge in [0.2, 0.25) is 5.78 Å². The highest BCUT2D eigenvalue weighted by molar-refractivity contribution is 14.1. The Hall–Kier alpha value is -0.740. The molecule has 1 aromatic carbocycles. The molecule has 1 unspecified atom stereocenters. The van der Waals surface area contributed by atoms with Gasteiger partial charge in [0, 0.05) is 17.7 Å². The van der Waals surface area contributed by atoms with Gasteiger partial charge < -0.3 is 0 Å². The van der Waals surface area contributed by atoms with Gasteiger partial charge in [0.1, 0.15) is 0 Å². The number of nitro benzene ring substituents is 1. The Bertz CT molecular complexity index is 629. The summed E-state index contributed by atoms with van der Waals surface area (Å²) in [5.41, 5.74) is -0.417. The van der Waals surface area contributed by atoms with Crippen molar-refractivity contribution in [2.75, 3.05) is 5.75 Å². The van der Waals surface area contributed by atoms with E-state index in [1.165, 1.54) is 47.7 Å². The van der Waals surface area contributed by atoms with Crippen molar-refractivity contribution in [1.29, 1.82) is 0 Å². The molecule has 6 nitrogen and oxygen atoms in total. The maximum atomic E-state index is 12.1. The number of rotatable bonds is 5. The Labute approximate surface area is 128 Å². The number of carbonyl (C=O) groups excluding carboxylic acids is 1. The SMILES string of the molecule is CCS(=O)(=O)C(Cl)(I)C(=O)c1cccc([N+](=O)[O-])c1. The van der Waals surface area contributed by atoms with E-state index in [0.29, 0.717) is 0 Å². The summed E-state index contributed by atoms with van der Waals surface area (Å²) in [5.74, 6) is -1.19. The van der Waals surface area contributed by atoms with Crippen molar-refractivity contribution in [2.24, 2.45) is 0 Å². The number of hydrogen-bond donors (Lipinski definition) is 0. The average Bonchev–Trinajstić information content (AvgIpc) is 2.37. The van der Waals surface area contributed by atoms with Crippen LogP contribution in [0.5, 0.6) is 0 Å². The molecule has 104 valence electrons. The lowest BCUT2D eigenvalue weighted by atomic mass is 10.1. The van der Waals surface area contributed by atoms with Crippen LogP contribution in [0.2, 0.25) is 0 Å². The van der Waals surface area contributed by atoms with Gasteiger partial charge in [-0.3, -0.25) is 14.9 Å². The Kier molecular flexibility index (Phi) is 4.91. The van der Waals surface area contributed by atoms with E-state index in [9.17, 15) is 23.3 Å². The van der Waals surface area contributed by atoms with Gasteiger partial charge in [-0.1, -0.05) is 30.7 Å². The van der Waals surface area contributed by atoms with Crippen molar-refractivity contribution in [3.05, 3.63) is 39.9 Å². The largest absolute Gasteiger partial charge is 0.290 e. The summed E-state index contributed by atoms with van der Waals surface area (Å²) in [7, 11) is -3.85. The van der Waals surface area contributed by atoms with E-state index in [0.717, 1.165) is 6.07 Å². The van der Waals surface area contributed by atoms with Gasteiger partial charge in [0.05, 0.1) is 10.7 Å². The first-order chi connectivity index (χ1) is 8.63. The molecule has 0 bridgehead atoms. The summed E-state index contributed by atoms with van der Waals surface area (Å²) >= 11 is 7.16. The van der Waals surface area contributed by atoms with Gasteiger partial charge in [-0.25, -0.2) is 8.42 Å². The summed E-state index contributed by atoms with van der Waals surface area (Å²) in [5, 5.41) is 10.6. The van der Waals surface area contributed by atoms with E-state index < -0.39 is 22.8 Å². The standard InChI is InChI=1S/C10H9ClINO5S/c1-2-19(17,18)10(11,12)9(14)7-4-3-5-8(6-7)13(15)16/h3-6H,2H2,1H3. The number of carbonyl (C=O) groups is 1. The van der Waals surface area contributed by atoms with Crippen molar-refractivity contribution >= 4 is 55.5 Å². The minimum absolute atomic E-state index is 0.115. The van der Waals surface area contributed by atoms with Crippen LogP contribution in [-0.4, -0.2) is 27.1 Å². The number of ketones is 1. The zero-order chi connectivity index (χ0) is 14.8. The number of halogens is 2. The van der Waals surface area contributed by atoms with Crippen molar-refractivity contribution in [3.8, 4) is 0 Å². The van der Waals surface area contributed by atoms with Crippen LogP contribution in [0.4, 0.5) is 5.69 Å². The van der Waals surface area contributed by atoms with Gasteiger partial charge >= 0.3 is 0 Å². The summed E-state index contributed by atoms with van der Waals surface area (Å²) in [6.07, 6.45) is 0. The third-order valence-corrected chi connectivity index (χ3v) is 7.46. The normalized spacial score (nSPS) is 14.7. The fourth-order valence-corrected chi connectivity index (χ4v) is 3.70. The number of alkyl halides is 2. The molecule has 0 saturated carbocycles. The first-order valence-electron chi connectivity index (χ1n) is 5.03. The molecule has 0 saturated heterocycles. The monoisotopic (exact) mass is 417 g/mol.